The summed E-state index contributed by atoms with van der Waals surface area (Å²) in [6, 6.07) is 11.8. The predicted molar refractivity (Wildman–Crippen MR) is 84.6 cm³/mol. The average Bonchev–Trinajstić information content (AvgIpc) is 2.41. The molecule has 2 aromatic rings. The highest BCUT2D eigenvalue weighted by atomic mass is 35.5. The molecule has 2 rings (SSSR count). The molecule has 2 aromatic carbocycles. The fraction of sp³-hybridized carbons (Fsp3) is 0.294. The Balaban J connectivity index is 2.54. The van der Waals surface area contributed by atoms with Crippen molar-refractivity contribution in [1.29, 1.82) is 0 Å². The summed E-state index contributed by atoms with van der Waals surface area (Å²) in [5, 5.41) is 0.715. The molecule has 0 spiro atoms. The SMILES string of the molecule is COc1cc(C)c(C(C)(N)c2ccc(Cl)cc2)cc1C. The van der Waals surface area contributed by atoms with Gasteiger partial charge in [-0.3, -0.25) is 0 Å². The number of nitrogens with two attached hydrogens (primary N) is 1. The molecule has 0 aromatic heterocycles. The molecule has 2 nitrogen and oxygen atoms in total. The number of ether oxygens (including phenoxy) is 1. The number of methoxy groups -OCH3 is 1. The molecule has 20 heavy (non-hydrogen) atoms. The summed E-state index contributed by atoms with van der Waals surface area (Å²) >= 11 is 5.95. The normalized spacial score (nSPS) is 13.9. The van der Waals surface area contributed by atoms with Crippen LogP contribution in [-0.4, -0.2) is 7.11 Å². The van der Waals surface area contributed by atoms with Gasteiger partial charge in [0.1, 0.15) is 5.75 Å². The number of hydrogen-bond acceptors (Lipinski definition) is 2. The third kappa shape index (κ3) is 2.67. The van der Waals surface area contributed by atoms with E-state index in [1.165, 1.54) is 0 Å². The van der Waals surface area contributed by atoms with E-state index in [9.17, 15) is 0 Å². The average molecular weight is 290 g/mol. The van der Waals surface area contributed by atoms with Gasteiger partial charge in [0, 0.05) is 5.02 Å². The molecule has 3 heteroatoms. The zero-order chi connectivity index (χ0) is 14.9. The maximum Gasteiger partial charge on any atom is 0.122 e. The van der Waals surface area contributed by atoms with Gasteiger partial charge in [0.2, 0.25) is 0 Å². The van der Waals surface area contributed by atoms with Crippen molar-refractivity contribution in [2.24, 2.45) is 5.73 Å². The van der Waals surface area contributed by atoms with E-state index >= 15 is 0 Å². The molecule has 1 atom stereocenters. The van der Waals surface area contributed by atoms with Crippen LogP contribution in [0.2, 0.25) is 5.02 Å². The summed E-state index contributed by atoms with van der Waals surface area (Å²) in [5.74, 6) is 0.887. The first kappa shape index (κ1) is 14.9. The van der Waals surface area contributed by atoms with Gasteiger partial charge in [-0.05, 0) is 67.3 Å². The number of benzene rings is 2. The topological polar surface area (TPSA) is 35.2 Å². The number of hydrogen-bond donors (Lipinski definition) is 1. The van der Waals surface area contributed by atoms with Gasteiger partial charge < -0.3 is 10.5 Å². The molecule has 0 aliphatic heterocycles. The monoisotopic (exact) mass is 289 g/mol. The van der Waals surface area contributed by atoms with Gasteiger partial charge in [0.05, 0.1) is 12.6 Å². The highest BCUT2D eigenvalue weighted by molar-refractivity contribution is 6.30. The summed E-state index contributed by atoms with van der Waals surface area (Å²) in [4.78, 5) is 0. The molecule has 0 amide bonds. The lowest BCUT2D eigenvalue weighted by Gasteiger charge is -2.28. The van der Waals surface area contributed by atoms with Crippen LogP contribution in [0.1, 0.15) is 29.2 Å². The Hall–Kier alpha value is -1.51. The third-order valence-corrected chi connectivity index (χ3v) is 4.00. The van der Waals surface area contributed by atoms with E-state index in [1.54, 1.807) is 7.11 Å². The molecule has 0 radical (unpaired) electrons. The highest BCUT2D eigenvalue weighted by Gasteiger charge is 2.26. The minimum absolute atomic E-state index is 0.564. The molecule has 0 bridgehead atoms. The van der Waals surface area contributed by atoms with E-state index in [-0.39, 0.29) is 0 Å². The first-order valence-electron chi connectivity index (χ1n) is 6.57. The van der Waals surface area contributed by atoms with E-state index in [4.69, 9.17) is 22.1 Å². The van der Waals surface area contributed by atoms with Crippen LogP contribution in [0.25, 0.3) is 0 Å². The Morgan fingerprint density at radius 3 is 2.20 bits per heavy atom. The van der Waals surface area contributed by atoms with Crippen molar-refractivity contribution in [3.8, 4) is 5.75 Å². The van der Waals surface area contributed by atoms with E-state index < -0.39 is 5.54 Å². The lowest BCUT2D eigenvalue weighted by molar-refractivity contribution is 0.410. The predicted octanol–water partition coefficient (Wildman–Crippen LogP) is 4.19. The molecule has 0 saturated carbocycles. The Kier molecular flexibility index (Phi) is 4.07. The number of rotatable bonds is 3. The van der Waals surface area contributed by atoms with Crippen LogP contribution in [0.5, 0.6) is 5.75 Å². The minimum atomic E-state index is -0.564. The highest BCUT2D eigenvalue weighted by Crippen LogP contribution is 2.33. The summed E-state index contributed by atoms with van der Waals surface area (Å²) < 4.78 is 5.36. The van der Waals surface area contributed by atoms with Crippen molar-refractivity contribution in [2.75, 3.05) is 7.11 Å². The fourth-order valence-electron chi connectivity index (χ4n) is 2.52. The van der Waals surface area contributed by atoms with E-state index in [0.717, 1.165) is 28.0 Å². The van der Waals surface area contributed by atoms with Crippen molar-refractivity contribution in [3.05, 3.63) is 63.7 Å². The van der Waals surface area contributed by atoms with Crippen molar-refractivity contribution in [3.63, 3.8) is 0 Å². The van der Waals surface area contributed by atoms with Gasteiger partial charge in [-0.25, -0.2) is 0 Å². The van der Waals surface area contributed by atoms with Crippen LogP contribution in [0.4, 0.5) is 0 Å². The lowest BCUT2D eigenvalue weighted by atomic mass is 9.82. The van der Waals surface area contributed by atoms with Gasteiger partial charge in [-0.2, -0.15) is 0 Å². The lowest BCUT2D eigenvalue weighted by Crippen LogP contribution is -2.35. The zero-order valence-electron chi connectivity index (χ0n) is 12.3. The molecule has 0 aliphatic rings. The van der Waals surface area contributed by atoms with Crippen LogP contribution in [0, 0.1) is 13.8 Å². The van der Waals surface area contributed by atoms with E-state index in [0.29, 0.717) is 5.02 Å². The Morgan fingerprint density at radius 2 is 1.65 bits per heavy atom. The van der Waals surface area contributed by atoms with Crippen molar-refractivity contribution < 1.29 is 4.74 Å². The van der Waals surface area contributed by atoms with Gasteiger partial charge in [0.15, 0.2) is 0 Å². The third-order valence-electron chi connectivity index (χ3n) is 3.75. The largest absolute Gasteiger partial charge is 0.496 e. The Labute approximate surface area is 125 Å². The molecule has 0 saturated heterocycles. The van der Waals surface area contributed by atoms with Gasteiger partial charge in [0.25, 0.3) is 0 Å². The van der Waals surface area contributed by atoms with Crippen LogP contribution < -0.4 is 10.5 Å². The van der Waals surface area contributed by atoms with Gasteiger partial charge >= 0.3 is 0 Å². The van der Waals surface area contributed by atoms with Gasteiger partial charge in [-0.1, -0.05) is 23.7 Å². The second kappa shape index (κ2) is 5.47. The van der Waals surface area contributed by atoms with Crippen LogP contribution >= 0.6 is 11.6 Å². The summed E-state index contributed by atoms with van der Waals surface area (Å²) in [5.41, 5.74) is 10.4. The van der Waals surface area contributed by atoms with Crippen LogP contribution in [0.15, 0.2) is 36.4 Å². The molecule has 0 heterocycles. The smallest absolute Gasteiger partial charge is 0.122 e. The number of aryl methyl sites for hydroxylation is 2. The molecule has 0 fully saturated rings. The van der Waals surface area contributed by atoms with Crippen molar-refractivity contribution in [2.45, 2.75) is 26.3 Å². The second-order valence-corrected chi connectivity index (χ2v) is 5.78. The van der Waals surface area contributed by atoms with Crippen molar-refractivity contribution in [1.82, 2.24) is 0 Å². The van der Waals surface area contributed by atoms with E-state index in [1.807, 2.05) is 44.2 Å². The summed E-state index contributed by atoms with van der Waals surface area (Å²) in [6.07, 6.45) is 0. The molecule has 2 N–H and O–H groups in total. The minimum Gasteiger partial charge on any atom is -0.496 e. The number of halogens is 1. The maximum atomic E-state index is 6.59. The van der Waals surface area contributed by atoms with Crippen LogP contribution in [0.3, 0.4) is 0 Å². The maximum absolute atomic E-state index is 6.59. The van der Waals surface area contributed by atoms with Crippen molar-refractivity contribution >= 4 is 11.6 Å². The van der Waals surface area contributed by atoms with E-state index in [2.05, 4.69) is 13.0 Å². The molecule has 0 aliphatic carbocycles. The molecule has 106 valence electrons. The standard InChI is InChI=1S/C17H20ClNO/c1-11-10-16(20-4)12(2)9-15(11)17(3,19)13-5-7-14(18)8-6-13/h5-10H,19H2,1-4H3. The first-order valence-corrected chi connectivity index (χ1v) is 6.94. The first-order chi connectivity index (χ1) is 9.36. The Morgan fingerprint density at radius 1 is 1.05 bits per heavy atom. The quantitative estimate of drug-likeness (QED) is 0.919. The molecular weight excluding hydrogens is 270 g/mol. The molecular formula is C17H20ClNO. The summed E-state index contributed by atoms with van der Waals surface area (Å²) in [6.45, 7) is 6.10. The van der Waals surface area contributed by atoms with Gasteiger partial charge in [-0.15, -0.1) is 0 Å². The molecule has 1 unspecified atom stereocenters. The second-order valence-electron chi connectivity index (χ2n) is 5.35. The van der Waals surface area contributed by atoms with Crippen LogP contribution in [-0.2, 0) is 5.54 Å². The fourth-order valence-corrected chi connectivity index (χ4v) is 2.65. The Bertz CT molecular complexity index is 618. The zero-order valence-corrected chi connectivity index (χ0v) is 13.1. The summed E-state index contributed by atoms with van der Waals surface area (Å²) in [7, 11) is 1.68.